The fourth-order valence-electron chi connectivity index (χ4n) is 1.66. The van der Waals surface area contributed by atoms with Gasteiger partial charge in [0.1, 0.15) is 11.6 Å². The molecule has 1 atom stereocenters. The summed E-state index contributed by atoms with van der Waals surface area (Å²) in [5, 5.41) is 22.6. The molecule has 0 spiro atoms. The molecule has 0 aromatic carbocycles. The summed E-state index contributed by atoms with van der Waals surface area (Å²) in [7, 11) is 0. The molecule has 0 bridgehead atoms. The number of rotatable bonds is 3. The molecule has 2 aromatic heterocycles. The Morgan fingerprint density at radius 3 is 2.78 bits per heavy atom. The molecule has 4 nitrogen and oxygen atoms in total. The molecule has 2 rings (SSSR count). The molecule has 92 valence electrons. The van der Waals surface area contributed by atoms with Crippen LogP contribution in [-0.2, 0) is 0 Å². The van der Waals surface area contributed by atoms with E-state index in [1.54, 1.807) is 11.3 Å². The van der Waals surface area contributed by atoms with E-state index in [0.717, 1.165) is 11.3 Å². The number of thiophene rings is 1. The van der Waals surface area contributed by atoms with Crippen molar-refractivity contribution in [1.29, 1.82) is 5.26 Å². The topological polar surface area (TPSA) is 61.6 Å². The van der Waals surface area contributed by atoms with Crippen LogP contribution in [0, 0.1) is 25.2 Å². The minimum Gasteiger partial charge on any atom is -0.360 e. The summed E-state index contributed by atoms with van der Waals surface area (Å²) in [6.07, 6.45) is 0. The highest BCUT2D eigenvalue weighted by molar-refractivity contribution is 7.10. The van der Waals surface area contributed by atoms with E-state index in [0.29, 0.717) is 11.4 Å². The first-order valence-electron chi connectivity index (χ1n) is 5.67. The predicted octanol–water partition coefficient (Wildman–Crippen LogP) is 3.20. The van der Waals surface area contributed by atoms with Crippen molar-refractivity contribution in [3.8, 4) is 6.07 Å². The number of hydrogen-bond acceptors (Lipinski definition) is 5. The highest BCUT2D eigenvalue weighted by atomic mass is 32.1. The Hall–Kier alpha value is -1.93. The third-order valence-corrected chi connectivity index (χ3v) is 3.94. The van der Waals surface area contributed by atoms with Crippen LogP contribution >= 0.6 is 11.3 Å². The normalized spacial score (nSPS) is 11.9. The van der Waals surface area contributed by atoms with Gasteiger partial charge in [-0.05, 0) is 37.8 Å². The van der Waals surface area contributed by atoms with Crippen LogP contribution in [0.2, 0.25) is 0 Å². The fraction of sp³-hybridized carbons (Fsp3) is 0.308. The second kappa shape index (κ2) is 5.15. The Balaban J connectivity index is 2.30. The van der Waals surface area contributed by atoms with Crippen LogP contribution in [-0.4, -0.2) is 10.2 Å². The van der Waals surface area contributed by atoms with Gasteiger partial charge in [-0.2, -0.15) is 10.4 Å². The van der Waals surface area contributed by atoms with Crippen LogP contribution in [0.15, 0.2) is 17.5 Å². The summed E-state index contributed by atoms with van der Waals surface area (Å²) in [5.41, 5.74) is 2.25. The molecule has 0 aliphatic carbocycles. The third-order valence-electron chi connectivity index (χ3n) is 2.89. The maximum absolute atomic E-state index is 9.21. The fourth-order valence-corrected chi connectivity index (χ4v) is 2.39. The monoisotopic (exact) mass is 258 g/mol. The first-order valence-corrected chi connectivity index (χ1v) is 6.55. The molecule has 18 heavy (non-hydrogen) atoms. The number of aromatic nitrogens is 2. The van der Waals surface area contributed by atoms with Crippen LogP contribution in [0.3, 0.4) is 0 Å². The quantitative estimate of drug-likeness (QED) is 0.918. The lowest BCUT2D eigenvalue weighted by molar-refractivity contribution is 0.864. The average molecular weight is 258 g/mol. The first kappa shape index (κ1) is 12.5. The molecule has 0 aliphatic rings. The average Bonchev–Trinajstić information content (AvgIpc) is 2.88. The smallest absolute Gasteiger partial charge is 0.167 e. The minimum atomic E-state index is 0.119. The Labute approximate surface area is 110 Å². The molecule has 0 saturated heterocycles. The molecule has 0 aliphatic heterocycles. The molecular formula is C13H14N4S. The van der Waals surface area contributed by atoms with Crippen LogP contribution in [0.4, 0.5) is 5.82 Å². The van der Waals surface area contributed by atoms with Gasteiger partial charge in [0.15, 0.2) is 5.82 Å². The summed E-state index contributed by atoms with van der Waals surface area (Å²) in [4.78, 5) is 1.21. The zero-order valence-electron chi connectivity index (χ0n) is 10.6. The predicted molar refractivity (Wildman–Crippen MR) is 72.6 cm³/mol. The van der Waals surface area contributed by atoms with E-state index in [2.05, 4.69) is 27.6 Å². The van der Waals surface area contributed by atoms with Crippen molar-refractivity contribution in [1.82, 2.24) is 10.2 Å². The second-order valence-corrected chi connectivity index (χ2v) is 5.11. The molecule has 1 N–H and O–H groups in total. The standard InChI is InChI=1S/C13H14N4S/c1-8-9(2)16-17-13(11(8)7-14)15-10(3)12-5-4-6-18-12/h4-6,10H,1-3H3,(H,15,17). The van der Waals surface area contributed by atoms with E-state index < -0.39 is 0 Å². The number of hydrogen-bond donors (Lipinski definition) is 1. The highest BCUT2D eigenvalue weighted by Crippen LogP contribution is 2.25. The van der Waals surface area contributed by atoms with Gasteiger partial charge in [-0.1, -0.05) is 6.07 Å². The molecule has 0 fully saturated rings. The maximum Gasteiger partial charge on any atom is 0.167 e. The first-order chi connectivity index (χ1) is 8.63. The summed E-state index contributed by atoms with van der Waals surface area (Å²) >= 11 is 1.68. The molecule has 0 amide bonds. The SMILES string of the molecule is Cc1nnc(NC(C)c2cccs2)c(C#N)c1C. The maximum atomic E-state index is 9.21. The van der Waals surface area contributed by atoms with Crippen molar-refractivity contribution in [2.24, 2.45) is 0 Å². The van der Waals surface area contributed by atoms with Gasteiger partial charge in [0, 0.05) is 4.88 Å². The minimum absolute atomic E-state index is 0.119. The van der Waals surface area contributed by atoms with Crippen LogP contribution in [0.5, 0.6) is 0 Å². The van der Waals surface area contributed by atoms with Gasteiger partial charge >= 0.3 is 0 Å². The van der Waals surface area contributed by atoms with Gasteiger partial charge in [0.25, 0.3) is 0 Å². The summed E-state index contributed by atoms with van der Waals surface area (Å²) in [6.45, 7) is 5.79. The van der Waals surface area contributed by atoms with Crippen molar-refractivity contribution < 1.29 is 0 Å². The van der Waals surface area contributed by atoms with E-state index in [1.165, 1.54) is 4.88 Å². The molecule has 0 radical (unpaired) electrons. The summed E-state index contributed by atoms with van der Waals surface area (Å²) in [5.74, 6) is 0.557. The summed E-state index contributed by atoms with van der Waals surface area (Å²) < 4.78 is 0. The van der Waals surface area contributed by atoms with Crippen molar-refractivity contribution >= 4 is 17.2 Å². The second-order valence-electron chi connectivity index (χ2n) is 4.13. The third kappa shape index (κ3) is 2.34. The van der Waals surface area contributed by atoms with E-state index in [4.69, 9.17) is 0 Å². The molecular weight excluding hydrogens is 244 g/mol. The number of nitriles is 1. The number of anilines is 1. The number of nitrogens with one attached hydrogen (secondary N) is 1. The van der Waals surface area contributed by atoms with E-state index in [-0.39, 0.29) is 6.04 Å². The van der Waals surface area contributed by atoms with Gasteiger partial charge in [0.2, 0.25) is 0 Å². The lowest BCUT2D eigenvalue weighted by atomic mass is 10.1. The molecule has 2 aromatic rings. The Bertz CT molecular complexity index is 584. The van der Waals surface area contributed by atoms with E-state index in [9.17, 15) is 5.26 Å². The van der Waals surface area contributed by atoms with Gasteiger partial charge in [-0.15, -0.1) is 16.4 Å². The van der Waals surface area contributed by atoms with Crippen molar-refractivity contribution in [3.05, 3.63) is 39.2 Å². The lowest BCUT2D eigenvalue weighted by Gasteiger charge is -2.14. The van der Waals surface area contributed by atoms with Crippen molar-refractivity contribution in [2.45, 2.75) is 26.8 Å². The number of nitrogens with zero attached hydrogens (tertiary/aromatic N) is 3. The van der Waals surface area contributed by atoms with Gasteiger partial charge in [-0.3, -0.25) is 0 Å². The largest absolute Gasteiger partial charge is 0.360 e. The van der Waals surface area contributed by atoms with E-state index >= 15 is 0 Å². The van der Waals surface area contributed by atoms with Crippen LogP contribution < -0.4 is 5.32 Å². The molecule has 2 heterocycles. The van der Waals surface area contributed by atoms with Gasteiger partial charge < -0.3 is 5.32 Å². The van der Waals surface area contributed by atoms with Crippen LogP contribution in [0.1, 0.15) is 34.7 Å². The molecule has 0 saturated carbocycles. The highest BCUT2D eigenvalue weighted by Gasteiger charge is 2.14. The molecule has 5 heteroatoms. The van der Waals surface area contributed by atoms with Gasteiger partial charge in [-0.25, -0.2) is 0 Å². The van der Waals surface area contributed by atoms with Crippen molar-refractivity contribution in [3.63, 3.8) is 0 Å². The lowest BCUT2D eigenvalue weighted by Crippen LogP contribution is -2.10. The summed E-state index contributed by atoms with van der Waals surface area (Å²) in [6, 6.07) is 6.38. The Morgan fingerprint density at radius 1 is 1.39 bits per heavy atom. The molecule has 1 unspecified atom stereocenters. The zero-order valence-corrected chi connectivity index (χ0v) is 11.4. The number of aryl methyl sites for hydroxylation is 1. The Kier molecular flexibility index (Phi) is 3.58. The zero-order chi connectivity index (χ0) is 13.1. The van der Waals surface area contributed by atoms with Gasteiger partial charge in [0.05, 0.1) is 11.7 Å². The van der Waals surface area contributed by atoms with E-state index in [1.807, 2.05) is 32.2 Å². The van der Waals surface area contributed by atoms with Crippen molar-refractivity contribution in [2.75, 3.05) is 5.32 Å². The Morgan fingerprint density at radius 2 is 2.17 bits per heavy atom. The van der Waals surface area contributed by atoms with Crippen LogP contribution in [0.25, 0.3) is 0 Å².